The molecule has 2 rings (SSSR count). The molecule has 86 valence electrons. The second-order valence-corrected chi connectivity index (χ2v) is 3.29. The normalized spacial score (nSPS) is 11.1. The van der Waals surface area contributed by atoms with Crippen molar-refractivity contribution in [2.45, 2.75) is 19.9 Å². The standard InChI is InChI=1S/C9H14N6O/c1-2-16-5-3-4-15-9-7(13-14-15)8(10)11-6-12-9/h6H,2-5H2,1H3,(H2,10,11,12). The van der Waals surface area contributed by atoms with Gasteiger partial charge in [0.25, 0.3) is 0 Å². The van der Waals surface area contributed by atoms with Crippen LogP contribution in [0.1, 0.15) is 13.3 Å². The minimum absolute atomic E-state index is 0.362. The summed E-state index contributed by atoms with van der Waals surface area (Å²) in [6.07, 6.45) is 2.29. The Labute approximate surface area is 92.6 Å². The fourth-order valence-corrected chi connectivity index (χ4v) is 1.42. The highest BCUT2D eigenvalue weighted by Crippen LogP contribution is 2.12. The molecule has 2 aromatic rings. The molecule has 0 spiro atoms. The summed E-state index contributed by atoms with van der Waals surface area (Å²) in [4.78, 5) is 7.96. The molecule has 0 saturated carbocycles. The van der Waals surface area contributed by atoms with Crippen LogP contribution >= 0.6 is 0 Å². The zero-order chi connectivity index (χ0) is 11.4. The lowest BCUT2D eigenvalue weighted by atomic mass is 10.4. The van der Waals surface area contributed by atoms with Crippen LogP contribution in [0.4, 0.5) is 5.82 Å². The molecule has 0 atom stereocenters. The van der Waals surface area contributed by atoms with Gasteiger partial charge in [0.1, 0.15) is 6.33 Å². The Bertz CT molecular complexity index is 468. The third-order valence-electron chi connectivity index (χ3n) is 2.19. The molecule has 16 heavy (non-hydrogen) atoms. The van der Waals surface area contributed by atoms with E-state index in [1.807, 2.05) is 6.92 Å². The van der Waals surface area contributed by atoms with Crippen LogP contribution < -0.4 is 5.73 Å². The molecule has 7 heteroatoms. The van der Waals surface area contributed by atoms with Crippen LogP contribution in [0.2, 0.25) is 0 Å². The van der Waals surface area contributed by atoms with Crippen molar-refractivity contribution in [3.63, 3.8) is 0 Å². The lowest BCUT2D eigenvalue weighted by Crippen LogP contribution is -2.05. The Morgan fingerprint density at radius 1 is 1.44 bits per heavy atom. The zero-order valence-corrected chi connectivity index (χ0v) is 9.13. The number of fused-ring (bicyclic) bond motifs is 1. The Morgan fingerprint density at radius 3 is 3.12 bits per heavy atom. The third-order valence-corrected chi connectivity index (χ3v) is 2.19. The number of nitrogen functional groups attached to an aromatic ring is 1. The number of nitrogens with two attached hydrogens (primary N) is 1. The fraction of sp³-hybridized carbons (Fsp3) is 0.556. The molecule has 0 aliphatic heterocycles. The number of hydrogen-bond acceptors (Lipinski definition) is 6. The van der Waals surface area contributed by atoms with Crippen LogP contribution in [0.15, 0.2) is 6.33 Å². The summed E-state index contributed by atoms with van der Waals surface area (Å²) in [7, 11) is 0. The quantitative estimate of drug-likeness (QED) is 0.728. The Morgan fingerprint density at radius 2 is 2.31 bits per heavy atom. The summed E-state index contributed by atoms with van der Waals surface area (Å²) in [6, 6.07) is 0. The van der Waals surface area contributed by atoms with Crippen LogP contribution in [0.3, 0.4) is 0 Å². The lowest BCUT2D eigenvalue weighted by molar-refractivity contribution is 0.141. The van der Waals surface area contributed by atoms with Crippen LogP contribution in [0, 0.1) is 0 Å². The van der Waals surface area contributed by atoms with Crippen molar-refractivity contribution in [1.82, 2.24) is 25.0 Å². The van der Waals surface area contributed by atoms with Gasteiger partial charge in [0.15, 0.2) is 17.0 Å². The van der Waals surface area contributed by atoms with Gasteiger partial charge in [0.05, 0.1) is 0 Å². The molecule has 2 aromatic heterocycles. The van der Waals surface area contributed by atoms with E-state index in [9.17, 15) is 0 Å². The number of rotatable bonds is 5. The molecule has 7 nitrogen and oxygen atoms in total. The van der Waals surface area contributed by atoms with Gasteiger partial charge in [0.2, 0.25) is 0 Å². The van der Waals surface area contributed by atoms with Crippen molar-refractivity contribution >= 4 is 17.0 Å². The molecule has 2 N–H and O–H groups in total. The first-order chi connectivity index (χ1) is 7.83. The average molecular weight is 222 g/mol. The van der Waals surface area contributed by atoms with E-state index in [0.29, 0.717) is 30.1 Å². The molecule has 0 saturated heterocycles. The number of hydrogen-bond donors (Lipinski definition) is 1. The van der Waals surface area contributed by atoms with E-state index in [1.54, 1.807) is 4.68 Å². The molecule has 0 fully saturated rings. The number of aryl methyl sites for hydroxylation is 1. The fourth-order valence-electron chi connectivity index (χ4n) is 1.42. The topological polar surface area (TPSA) is 91.7 Å². The minimum Gasteiger partial charge on any atom is -0.382 e. The van der Waals surface area contributed by atoms with E-state index in [-0.39, 0.29) is 0 Å². The van der Waals surface area contributed by atoms with Crippen LogP contribution in [-0.4, -0.2) is 38.2 Å². The molecule has 0 aromatic carbocycles. The largest absolute Gasteiger partial charge is 0.382 e. The van der Waals surface area contributed by atoms with Gasteiger partial charge in [-0.15, -0.1) is 5.10 Å². The minimum atomic E-state index is 0.362. The molecule has 2 heterocycles. The van der Waals surface area contributed by atoms with Crippen LogP contribution in [-0.2, 0) is 11.3 Å². The maximum absolute atomic E-state index is 5.65. The van der Waals surface area contributed by atoms with Crippen molar-refractivity contribution in [2.24, 2.45) is 0 Å². The molecule has 0 bridgehead atoms. The summed E-state index contributed by atoms with van der Waals surface area (Å²) in [5, 5.41) is 7.92. The third kappa shape index (κ3) is 2.08. The van der Waals surface area contributed by atoms with Gasteiger partial charge in [-0.2, -0.15) is 0 Å². The van der Waals surface area contributed by atoms with Gasteiger partial charge in [-0.25, -0.2) is 14.6 Å². The summed E-state index contributed by atoms with van der Waals surface area (Å²) >= 11 is 0. The highest BCUT2D eigenvalue weighted by Gasteiger charge is 2.08. The molecule has 0 amide bonds. The predicted octanol–water partition coefficient (Wildman–Crippen LogP) is 0.230. The summed E-state index contributed by atoms with van der Waals surface area (Å²) < 4.78 is 6.96. The van der Waals surface area contributed by atoms with Gasteiger partial charge >= 0.3 is 0 Å². The van der Waals surface area contributed by atoms with Crippen molar-refractivity contribution in [3.8, 4) is 0 Å². The molecule has 0 aliphatic carbocycles. The van der Waals surface area contributed by atoms with Crippen molar-refractivity contribution in [2.75, 3.05) is 18.9 Å². The predicted molar refractivity (Wildman–Crippen MR) is 58.6 cm³/mol. The highest BCUT2D eigenvalue weighted by atomic mass is 16.5. The second-order valence-electron chi connectivity index (χ2n) is 3.29. The van der Waals surface area contributed by atoms with E-state index >= 15 is 0 Å². The summed E-state index contributed by atoms with van der Waals surface area (Å²) in [5.41, 5.74) is 6.88. The van der Waals surface area contributed by atoms with Crippen LogP contribution in [0.5, 0.6) is 0 Å². The molecule has 0 aliphatic rings. The Hall–Kier alpha value is -1.76. The smallest absolute Gasteiger partial charge is 0.183 e. The van der Waals surface area contributed by atoms with E-state index in [4.69, 9.17) is 10.5 Å². The SMILES string of the molecule is CCOCCCn1nnc2c(N)ncnc21. The van der Waals surface area contributed by atoms with E-state index < -0.39 is 0 Å². The maximum atomic E-state index is 5.65. The van der Waals surface area contributed by atoms with Gasteiger partial charge in [-0.05, 0) is 13.3 Å². The second kappa shape index (κ2) is 4.84. The molecular weight excluding hydrogens is 208 g/mol. The lowest BCUT2D eigenvalue weighted by Gasteiger charge is -2.01. The first kappa shape index (κ1) is 10.7. The molecular formula is C9H14N6O. The summed E-state index contributed by atoms with van der Waals surface area (Å²) in [6.45, 7) is 4.12. The van der Waals surface area contributed by atoms with Gasteiger partial charge in [-0.1, -0.05) is 5.21 Å². The summed E-state index contributed by atoms with van der Waals surface area (Å²) in [5.74, 6) is 0.362. The van der Waals surface area contributed by atoms with Crippen molar-refractivity contribution in [3.05, 3.63) is 6.33 Å². The molecule has 0 unspecified atom stereocenters. The van der Waals surface area contributed by atoms with Crippen LogP contribution in [0.25, 0.3) is 11.2 Å². The first-order valence-electron chi connectivity index (χ1n) is 5.20. The van der Waals surface area contributed by atoms with Gasteiger partial charge < -0.3 is 10.5 Å². The first-order valence-corrected chi connectivity index (χ1v) is 5.20. The Kier molecular flexibility index (Phi) is 3.25. The number of aromatic nitrogens is 5. The van der Waals surface area contributed by atoms with E-state index in [0.717, 1.165) is 13.0 Å². The maximum Gasteiger partial charge on any atom is 0.183 e. The molecule has 0 radical (unpaired) electrons. The van der Waals surface area contributed by atoms with E-state index in [1.165, 1.54) is 6.33 Å². The van der Waals surface area contributed by atoms with Gasteiger partial charge in [0, 0.05) is 19.8 Å². The average Bonchev–Trinajstić information content (AvgIpc) is 2.70. The monoisotopic (exact) mass is 222 g/mol. The van der Waals surface area contributed by atoms with E-state index in [2.05, 4.69) is 20.3 Å². The number of anilines is 1. The van der Waals surface area contributed by atoms with Crippen molar-refractivity contribution < 1.29 is 4.74 Å². The highest BCUT2D eigenvalue weighted by molar-refractivity contribution is 5.80. The zero-order valence-electron chi connectivity index (χ0n) is 9.13. The van der Waals surface area contributed by atoms with Crippen molar-refractivity contribution in [1.29, 1.82) is 0 Å². The Balaban J connectivity index is 2.10. The number of ether oxygens (including phenoxy) is 1. The number of nitrogens with zero attached hydrogens (tertiary/aromatic N) is 5. The van der Waals surface area contributed by atoms with Gasteiger partial charge in [-0.3, -0.25) is 0 Å².